The molecule has 25 heavy (non-hydrogen) atoms. The van der Waals surface area contributed by atoms with Crippen LogP contribution in [0.5, 0.6) is 0 Å². The van der Waals surface area contributed by atoms with Crippen LogP contribution < -0.4 is 16.0 Å². The molecular formula is C20H27N3OS. The molecule has 1 amide bonds. The molecule has 2 rings (SSSR count). The monoisotopic (exact) mass is 357 g/mol. The minimum absolute atomic E-state index is 0.0983. The minimum atomic E-state index is -0.0983. The summed E-state index contributed by atoms with van der Waals surface area (Å²) in [5, 5.41) is 9.53. The van der Waals surface area contributed by atoms with Crippen LogP contribution in [0.2, 0.25) is 0 Å². The molecule has 0 saturated heterocycles. The molecule has 0 aliphatic heterocycles. The number of hydrogen-bond acceptors (Lipinski definition) is 2. The maximum Gasteiger partial charge on any atom is 0.255 e. The smallest absolute Gasteiger partial charge is 0.255 e. The van der Waals surface area contributed by atoms with Crippen molar-refractivity contribution in [3.8, 4) is 0 Å². The lowest BCUT2D eigenvalue weighted by Gasteiger charge is -2.08. The topological polar surface area (TPSA) is 53.2 Å². The van der Waals surface area contributed by atoms with Gasteiger partial charge < -0.3 is 16.0 Å². The van der Waals surface area contributed by atoms with Crippen LogP contribution in [0.3, 0.4) is 0 Å². The van der Waals surface area contributed by atoms with Gasteiger partial charge in [0.2, 0.25) is 0 Å². The van der Waals surface area contributed by atoms with Gasteiger partial charge in [-0.1, -0.05) is 43.7 Å². The van der Waals surface area contributed by atoms with E-state index < -0.39 is 0 Å². The summed E-state index contributed by atoms with van der Waals surface area (Å²) in [4.78, 5) is 12.1. The maximum atomic E-state index is 12.1. The molecule has 0 saturated carbocycles. The van der Waals surface area contributed by atoms with E-state index in [4.69, 9.17) is 12.2 Å². The summed E-state index contributed by atoms with van der Waals surface area (Å²) in [5.74, 6) is -0.0983. The Labute approximate surface area is 156 Å². The third kappa shape index (κ3) is 7.35. The van der Waals surface area contributed by atoms with Crippen molar-refractivity contribution in [1.82, 2.24) is 10.6 Å². The first kappa shape index (κ1) is 20.6. The summed E-state index contributed by atoms with van der Waals surface area (Å²) in [6.45, 7) is 6.77. The van der Waals surface area contributed by atoms with Crippen LogP contribution in [0.25, 0.3) is 0 Å². The summed E-state index contributed by atoms with van der Waals surface area (Å²) < 4.78 is 0. The number of aryl methyl sites for hydroxylation is 1. The van der Waals surface area contributed by atoms with E-state index in [0.29, 0.717) is 10.7 Å². The molecule has 0 aliphatic carbocycles. The number of amides is 1. The average Bonchev–Trinajstić information content (AvgIpc) is 2.65. The van der Waals surface area contributed by atoms with Crippen molar-refractivity contribution >= 4 is 28.9 Å². The largest absolute Gasteiger partial charge is 0.366 e. The fraction of sp³-hybridized carbons (Fsp3) is 0.300. The van der Waals surface area contributed by atoms with Crippen LogP contribution in [0, 0.1) is 6.92 Å². The van der Waals surface area contributed by atoms with E-state index in [2.05, 4.69) is 16.0 Å². The number of thiocarbonyl (C=S) groups is 1. The Hall–Kier alpha value is -2.40. The fourth-order valence-electron chi connectivity index (χ4n) is 2.07. The highest BCUT2D eigenvalue weighted by molar-refractivity contribution is 7.80. The SMILES string of the molecule is CC.CNC(=S)NCCc1ccc(NC(=O)c2ccc(C)cc2)cc1. The predicted molar refractivity (Wildman–Crippen MR) is 110 cm³/mol. The number of benzene rings is 2. The number of anilines is 1. The molecule has 2 aromatic carbocycles. The van der Waals surface area contributed by atoms with Gasteiger partial charge in [0.1, 0.15) is 0 Å². The zero-order valence-corrected chi connectivity index (χ0v) is 16.2. The molecule has 0 bridgehead atoms. The molecule has 0 radical (unpaired) electrons. The van der Waals surface area contributed by atoms with Crippen LogP contribution in [0.1, 0.15) is 35.3 Å². The van der Waals surface area contributed by atoms with E-state index in [0.717, 1.165) is 24.2 Å². The molecule has 0 unspecified atom stereocenters. The van der Waals surface area contributed by atoms with Crippen molar-refractivity contribution in [1.29, 1.82) is 0 Å². The minimum Gasteiger partial charge on any atom is -0.366 e. The Morgan fingerprint density at radius 3 is 2.16 bits per heavy atom. The summed E-state index contributed by atoms with van der Waals surface area (Å²) >= 11 is 5.02. The summed E-state index contributed by atoms with van der Waals surface area (Å²) in [5.41, 5.74) is 3.77. The first-order chi connectivity index (χ1) is 12.1. The number of nitrogens with one attached hydrogen (secondary N) is 3. The molecule has 4 nitrogen and oxygen atoms in total. The first-order valence-corrected chi connectivity index (χ1v) is 8.92. The van der Waals surface area contributed by atoms with E-state index >= 15 is 0 Å². The van der Waals surface area contributed by atoms with Crippen molar-refractivity contribution < 1.29 is 4.79 Å². The molecule has 0 heterocycles. The summed E-state index contributed by atoms with van der Waals surface area (Å²) in [6, 6.07) is 15.4. The lowest BCUT2D eigenvalue weighted by Crippen LogP contribution is -2.33. The fourth-order valence-corrected chi connectivity index (χ4v) is 2.17. The van der Waals surface area contributed by atoms with Gasteiger partial charge in [0.25, 0.3) is 5.91 Å². The van der Waals surface area contributed by atoms with Gasteiger partial charge in [0.15, 0.2) is 5.11 Å². The third-order valence-electron chi connectivity index (χ3n) is 3.45. The van der Waals surface area contributed by atoms with Gasteiger partial charge in [0.05, 0.1) is 0 Å². The van der Waals surface area contributed by atoms with Gasteiger partial charge in [-0.25, -0.2) is 0 Å². The molecular weight excluding hydrogens is 330 g/mol. The molecule has 0 spiro atoms. The quantitative estimate of drug-likeness (QED) is 0.710. The van der Waals surface area contributed by atoms with Gasteiger partial charge in [-0.15, -0.1) is 0 Å². The van der Waals surface area contributed by atoms with Crippen molar-refractivity contribution in [3.05, 3.63) is 65.2 Å². The van der Waals surface area contributed by atoms with E-state index in [9.17, 15) is 4.79 Å². The Balaban J connectivity index is 0.00000151. The van der Waals surface area contributed by atoms with Crippen molar-refractivity contribution in [3.63, 3.8) is 0 Å². The highest BCUT2D eigenvalue weighted by atomic mass is 32.1. The number of hydrogen-bond donors (Lipinski definition) is 3. The first-order valence-electron chi connectivity index (χ1n) is 8.51. The van der Waals surface area contributed by atoms with Gasteiger partial charge in [0, 0.05) is 24.8 Å². The summed E-state index contributed by atoms with van der Waals surface area (Å²) in [6.07, 6.45) is 0.869. The standard InChI is InChI=1S/C18H21N3OS.C2H6/c1-13-3-7-15(8-4-13)17(22)21-16-9-5-14(6-10-16)11-12-20-18(23)19-2;1-2/h3-10H,11-12H2,1-2H3,(H,21,22)(H2,19,20,23);1-2H3. The molecule has 2 aromatic rings. The van der Waals surface area contributed by atoms with Gasteiger partial charge in [-0.05, 0) is 55.4 Å². The maximum absolute atomic E-state index is 12.1. The lowest BCUT2D eigenvalue weighted by molar-refractivity contribution is 0.102. The van der Waals surface area contributed by atoms with Crippen molar-refractivity contribution in [2.45, 2.75) is 27.2 Å². The second kappa shape index (κ2) is 11.2. The van der Waals surface area contributed by atoms with Crippen molar-refractivity contribution in [2.24, 2.45) is 0 Å². The third-order valence-corrected chi connectivity index (χ3v) is 3.80. The molecule has 0 atom stereocenters. The van der Waals surface area contributed by atoms with Gasteiger partial charge in [-0.3, -0.25) is 4.79 Å². The van der Waals surface area contributed by atoms with Crippen LogP contribution in [0.4, 0.5) is 5.69 Å². The molecule has 5 heteroatoms. The Kier molecular flexibility index (Phi) is 9.25. The number of carbonyl (C=O) groups excluding carboxylic acids is 1. The van der Waals surface area contributed by atoms with Crippen molar-refractivity contribution in [2.75, 3.05) is 18.9 Å². The van der Waals surface area contributed by atoms with Crippen LogP contribution in [-0.4, -0.2) is 24.6 Å². The molecule has 0 fully saturated rings. The molecule has 134 valence electrons. The number of rotatable bonds is 5. The normalized spacial score (nSPS) is 9.44. The van der Waals surface area contributed by atoms with Gasteiger partial charge in [-0.2, -0.15) is 0 Å². The zero-order chi connectivity index (χ0) is 18.7. The highest BCUT2D eigenvalue weighted by Crippen LogP contribution is 2.12. The van der Waals surface area contributed by atoms with E-state index in [1.807, 2.05) is 69.3 Å². The van der Waals surface area contributed by atoms with Crippen LogP contribution >= 0.6 is 12.2 Å². The van der Waals surface area contributed by atoms with E-state index in [1.54, 1.807) is 7.05 Å². The Morgan fingerprint density at radius 1 is 1.00 bits per heavy atom. The predicted octanol–water partition coefficient (Wildman–Crippen LogP) is 3.91. The number of carbonyl (C=O) groups is 1. The van der Waals surface area contributed by atoms with Gasteiger partial charge >= 0.3 is 0 Å². The van der Waals surface area contributed by atoms with E-state index in [1.165, 1.54) is 5.56 Å². The second-order valence-corrected chi connectivity index (χ2v) is 5.68. The van der Waals surface area contributed by atoms with E-state index in [-0.39, 0.29) is 5.91 Å². The Morgan fingerprint density at radius 2 is 1.60 bits per heavy atom. The van der Waals surface area contributed by atoms with Crippen LogP contribution in [0.15, 0.2) is 48.5 Å². The zero-order valence-electron chi connectivity index (χ0n) is 15.3. The molecule has 0 aromatic heterocycles. The lowest BCUT2D eigenvalue weighted by atomic mass is 10.1. The summed E-state index contributed by atoms with van der Waals surface area (Å²) in [7, 11) is 1.79. The van der Waals surface area contributed by atoms with Crippen LogP contribution in [-0.2, 0) is 6.42 Å². The molecule has 3 N–H and O–H groups in total. The second-order valence-electron chi connectivity index (χ2n) is 5.27. The average molecular weight is 358 g/mol. The Bertz CT molecular complexity index is 666. The highest BCUT2D eigenvalue weighted by Gasteiger charge is 2.05. The molecule has 0 aliphatic rings.